The zero-order valence-electron chi connectivity index (χ0n) is 17.3. The molecule has 2 aromatic carbocycles. The Morgan fingerprint density at radius 3 is 2.64 bits per heavy atom. The van der Waals surface area contributed by atoms with Crippen molar-refractivity contribution in [2.24, 2.45) is 0 Å². The first-order chi connectivity index (χ1) is 15.8. The number of alkyl halides is 3. The standard InChI is InChI=1S/C24H19ClF3N3O2/c25-19-13-20-22(29-21(19)15-6-4-7-16(12-15)24(26,27)28)31(17-8-5-11-30(20)14-17)23(32)33-18-9-2-1-3-10-18/h1-4,6-7,9-10,12-13,17H,5,8,11,14H2/t17-/m0/s1. The molecule has 1 saturated heterocycles. The average molecular weight is 474 g/mol. The lowest BCUT2D eigenvalue weighted by Gasteiger charge is -2.45. The van der Waals surface area contributed by atoms with Gasteiger partial charge < -0.3 is 9.64 Å². The maximum atomic E-state index is 13.3. The number of fused-ring (bicyclic) bond motifs is 4. The van der Waals surface area contributed by atoms with Gasteiger partial charge in [0.1, 0.15) is 5.75 Å². The third-order valence-electron chi connectivity index (χ3n) is 5.88. The molecular formula is C24H19ClF3N3O2. The maximum Gasteiger partial charge on any atom is 0.421 e. The number of carbonyl (C=O) groups is 1. The van der Waals surface area contributed by atoms with Crippen LogP contribution in [-0.2, 0) is 6.18 Å². The zero-order chi connectivity index (χ0) is 23.2. The Morgan fingerprint density at radius 2 is 1.88 bits per heavy atom. The quantitative estimate of drug-likeness (QED) is 0.431. The van der Waals surface area contributed by atoms with Gasteiger partial charge in [0.15, 0.2) is 5.82 Å². The van der Waals surface area contributed by atoms with E-state index in [1.807, 2.05) is 6.07 Å². The van der Waals surface area contributed by atoms with Crippen LogP contribution in [0.3, 0.4) is 0 Å². The molecule has 1 fully saturated rings. The number of para-hydroxylation sites is 1. The van der Waals surface area contributed by atoms with E-state index in [0.29, 0.717) is 23.8 Å². The molecular weight excluding hydrogens is 455 g/mol. The van der Waals surface area contributed by atoms with E-state index < -0.39 is 17.8 Å². The fourth-order valence-electron chi connectivity index (χ4n) is 4.36. The largest absolute Gasteiger partial charge is 0.421 e. The van der Waals surface area contributed by atoms with E-state index in [2.05, 4.69) is 9.88 Å². The van der Waals surface area contributed by atoms with Crippen LogP contribution in [0, 0.1) is 0 Å². The van der Waals surface area contributed by atoms with Crippen molar-refractivity contribution in [2.45, 2.75) is 25.1 Å². The number of rotatable bonds is 2. The number of hydrogen-bond donors (Lipinski definition) is 0. The minimum atomic E-state index is -4.50. The van der Waals surface area contributed by atoms with E-state index in [9.17, 15) is 18.0 Å². The third-order valence-corrected chi connectivity index (χ3v) is 6.16. The summed E-state index contributed by atoms with van der Waals surface area (Å²) in [6.45, 7) is 1.39. The highest BCUT2D eigenvalue weighted by atomic mass is 35.5. The summed E-state index contributed by atoms with van der Waals surface area (Å²) in [5.41, 5.74) is 0.271. The lowest BCUT2D eigenvalue weighted by molar-refractivity contribution is -0.137. The van der Waals surface area contributed by atoms with Gasteiger partial charge in [0.25, 0.3) is 0 Å². The van der Waals surface area contributed by atoms with Crippen LogP contribution in [-0.4, -0.2) is 30.2 Å². The van der Waals surface area contributed by atoms with Crippen LogP contribution in [0.25, 0.3) is 11.3 Å². The Hall–Kier alpha value is -3.26. The normalized spacial score (nSPS) is 17.5. The van der Waals surface area contributed by atoms with Gasteiger partial charge in [-0.15, -0.1) is 0 Å². The summed E-state index contributed by atoms with van der Waals surface area (Å²) in [5, 5.41) is 0.216. The summed E-state index contributed by atoms with van der Waals surface area (Å²) in [6.07, 6.45) is -3.43. The van der Waals surface area contributed by atoms with Crippen LogP contribution >= 0.6 is 11.6 Å². The fraction of sp³-hybridized carbons (Fsp3) is 0.250. The monoisotopic (exact) mass is 473 g/mol. The predicted octanol–water partition coefficient (Wildman–Crippen LogP) is 6.41. The SMILES string of the molecule is O=C(Oc1ccccc1)N1c2nc(-c3cccc(C(F)(F)F)c3)c(Cl)cc2N2CCC[C@H]1C2. The smallest absolute Gasteiger partial charge is 0.410 e. The summed E-state index contributed by atoms with van der Waals surface area (Å²) >= 11 is 6.49. The highest BCUT2D eigenvalue weighted by Gasteiger charge is 2.40. The number of hydrogen-bond acceptors (Lipinski definition) is 4. The number of ether oxygens (including phenoxy) is 1. The summed E-state index contributed by atoms with van der Waals surface area (Å²) < 4.78 is 45.4. The van der Waals surface area contributed by atoms with Gasteiger partial charge in [-0.1, -0.05) is 41.9 Å². The summed E-state index contributed by atoms with van der Waals surface area (Å²) in [5.74, 6) is 0.734. The first kappa shape index (κ1) is 21.6. The van der Waals surface area contributed by atoms with Crippen LogP contribution in [0.15, 0.2) is 60.7 Å². The number of piperidine rings is 1. The molecule has 1 aromatic heterocycles. The highest BCUT2D eigenvalue weighted by molar-refractivity contribution is 6.33. The summed E-state index contributed by atoms with van der Waals surface area (Å²) in [4.78, 5) is 21.4. The second kappa shape index (κ2) is 8.26. The van der Waals surface area contributed by atoms with Gasteiger partial charge in [-0.3, -0.25) is 4.90 Å². The Balaban J connectivity index is 1.59. The molecule has 3 aromatic rings. The molecule has 9 heteroatoms. The first-order valence-electron chi connectivity index (χ1n) is 10.5. The molecule has 0 unspecified atom stereocenters. The van der Waals surface area contributed by atoms with Crippen LogP contribution in [0.2, 0.25) is 5.02 Å². The van der Waals surface area contributed by atoms with Gasteiger partial charge in [0.05, 0.1) is 28.0 Å². The van der Waals surface area contributed by atoms with Gasteiger partial charge in [-0.05, 0) is 43.2 Å². The van der Waals surface area contributed by atoms with Gasteiger partial charge in [-0.2, -0.15) is 13.2 Å². The molecule has 2 aliphatic heterocycles. The number of carbonyl (C=O) groups excluding carboxylic acids is 1. The highest BCUT2D eigenvalue weighted by Crippen LogP contribution is 2.43. The molecule has 5 rings (SSSR count). The Labute approximate surface area is 193 Å². The molecule has 3 heterocycles. The van der Waals surface area contributed by atoms with Crippen molar-refractivity contribution in [3.05, 3.63) is 71.2 Å². The molecule has 170 valence electrons. The van der Waals surface area contributed by atoms with Gasteiger partial charge in [0, 0.05) is 18.7 Å². The van der Waals surface area contributed by atoms with E-state index in [1.54, 1.807) is 30.3 Å². The second-order valence-electron chi connectivity index (χ2n) is 8.03. The predicted molar refractivity (Wildman–Crippen MR) is 120 cm³/mol. The average Bonchev–Trinajstić information content (AvgIpc) is 2.80. The zero-order valence-corrected chi connectivity index (χ0v) is 18.1. The van der Waals surface area contributed by atoms with E-state index in [-0.39, 0.29) is 22.3 Å². The van der Waals surface area contributed by atoms with E-state index in [4.69, 9.17) is 16.3 Å². The molecule has 1 atom stereocenters. The molecule has 2 aliphatic rings. The van der Waals surface area contributed by atoms with Crippen LogP contribution in [0.5, 0.6) is 5.75 Å². The Bertz CT molecular complexity index is 1200. The molecule has 0 spiro atoms. The molecule has 0 aliphatic carbocycles. The molecule has 0 radical (unpaired) electrons. The Morgan fingerprint density at radius 1 is 1.09 bits per heavy atom. The van der Waals surface area contributed by atoms with Crippen molar-refractivity contribution in [3.8, 4) is 17.0 Å². The van der Waals surface area contributed by atoms with E-state index >= 15 is 0 Å². The van der Waals surface area contributed by atoms with Gasteiger partial charge in [-0.25, -0.2) is 9.78 Å². The molecule has 2 bridgehead atoms. The van der Waals surface area contributed by atoms with E-state index in [0.717, 1.165) is 31.5 Å². The number of pyridine rings is 1. The second-order valence-corrected chi connectivity index (χ2v) is 8.44. The van der Waals surface area contributed by atoms with Crippen molar-refractivity contribution >= 4 is 29.2 Å². The number of nitrogens with zero attached hydrogens (tertiary/aromatic N) is 3. The number of aromatic nitrogens is 1. The van der Waals surface area contributed by atoms with Crippen LogP contribution in [0.1, 0.15) is 18.4 Å². The lowest BCUT2D eigenvalue weighted by atomic mass is 9.99. The number of anilines is 2. The molecule has 33 heavy (non-hydrogen) atoms. The summed E-state index contributed by atoms with van der Waals surface area (Å²) in [7, 11) is 0. The Kier molecular flexibility index (Phi) is 5.40. The van der Waals surface area contributed by atoms with Crippen LogP contribution in [0.4, 0.5) is 29.5 Å². The molecule has 1 amide bonds. The van der Waals surface area contributed by atoms with Gasteiger partial charge in [0.2, 0.25) is 0 Å². The fourth-order valence-corrected chi connectivity index (χ4v) is 4.61. The summed E-state index contributed by atoms with van der Waals surface area (Å²) in [6, 6.07) is 15.1. The number of amides is 1. The van der Waals surface area contributed by atoms with Crippen molar-refractivity contribution in [1.29, 1.82) is 0 Å². The molecule has 0 N–H and O–H groups in total. The van der Waals surface area contributed by atoms with Crippen molar-refractivity contribution in [2.75, 3.05) is 22.9 Å². The molecule has 5 nitrogen and oxygen atoms in total. The first-order valence-corrected chi connectivity index (χ1v) is 10.9. The third kappa shape index (κ3) is 4.11. The van der Waals surface area contributed by atoms with Crippen molar-refractivity contribution < 1.29 is 22.7 Å². The number of halogens is 4. The lowest BCUT2D eigenvalue weighted by Crippen LogP contribution is -2.55. The molecule has 0 saturated carbocycles. The maximum absolute atomic E-state index is 13.3. The minimum Gasteiger partial charge on any atom is -0.410 e. The number of benzene rings is 2. The minimum absolute atomic E-state index is 0.162. The van der Waals surface area contributed by atoms with Crippen molar-refractivity contribution in [3.63, 3.8) is 0 Å². The van der Waals surface area contributed by atoms with Gasteiger partial charge >= 0.3 is 12.3 Å². The topological polar surface area (TPSA) is 45.7 Å². The van der Waals surface area contributed by atoms with E-state index in [1.165, 1.54) is 17.0 Å². The van der Waals surface area contributed by atoms with Crippen LogP contribution < -0.4 is 14.5 Å². The van der Waals surface area contributed by atoms with Crippen molar-refractivity contribution in [1.82, 2.24) is 4.98 Å².